The maximum absolute atomic E-state index is 12.4. The smallest absolute Gasteiger partial charge is 0.311 e. The highest BCUT2D eigenvalue weighted by atomic mass is 16.4. The van der Waals surface area contributed by atoms with E-state index in [0.717, 1.165) is 30.6 Å². The number of fused-ring (bicyclic) bond motifs is 1. The van der Waals surface area contributed by atoms with Gasteiger partial charge in [-0.25, -0.2) is 0 Å². The van der Waals surface area contributed by atoms with Gasteiger partial charge in [0.15, 0.2) is 0 Å². The van der Waals surface area contributed by atoms with Crippen molar-refractivity contribution in [3.8, 4) is 0 Å². The van der Waals surface area contributed by atoms with Crippen molar-refractivity contribution in [1.29, 1.82) is 0 Å². The minimum Gasteiger partial charge on any atom is -0.481 e. The van der Waals surface area contributed by atoms with E-state index in [9.17, 15) is 14.7 Å². The van der Waals surface area contributed by atoms with Gasteiger partial charge in [-0.05, 0) is 43.5 Å². The number of carbonyl (C=O) groups excluding carboxylic acids is 1. The number of amides is 1. The lowest BCUT2D eigenvalue weighted by atomic mass is 9.87. The van der Waals surface area contributed by atoms with Crippen LogP contribution in [0.3, 0.4) is 0 Å². The Hall–Kier alpha value is -1.88. The van der Waals surface area contributed by atoms with Crippen LogP contribution in [0.4, 0.5) is 0 Å². The van der Waals surface area contributed by atoms with Crippen molar-refractivity contribution in [2.45, 2.75) is 33.2 Å². The number of hydrogen-bond donors (Lipinski definition) is 3. The summed E-state index contributed by atoms with van der Waals surface area (Å²) in [6.45, 7) is 5.24. The van der Waals surface area contributed by atoms with Crippen LogP contribution >= 0.6 is 0 Å². The van der Waals surface area contributed by atoms with Crippen molar-refractivity contribution >= 4 is 11.9 Å². The molecule has 5 nitrogen and oxygen atoms in total. The summed E-state index contributed by atoms with van der Waals surface area (Å²) in [6, 6.07) is 5.70. The van der Waals surface area contributed by atoms with Crippen LogP contribution in [-0.2, 0) is 17.8 Å². The van der Waals surface area contributed by atoms with Crippen molar-refractivity contribution in [2.75, 3.05) is 13.1 Å². The van der Waals surface area contributed by atoms with Gasteiger partial charge in [0, 0.05) is 18.7 Å². The highest BCUT2D eigenvalue weighted by Crippen LogP contribution is 2.22. The maximum Gasteiger partial charge on any atom is 0.311 e. The molecule has 0 saturated carbocycles. The van der Waals surface area contributed by atoms with Crippen LogP contribution in [0.1, 0.15) is 41.8 Å². The largest absolute Gasteiger partial charge is 0.481 e. The lowest BCUT2D eigenvalue weighted by Gasteiger charge is -2.24. The Bertz CT molecular complexity index is 556. The van der Waals surface area contributed by atoms with Crippen LogP contribution in [0.5, 0.6) is 0 Å². The molecule has 21 heavy (non-hydrogen) atoms. The standard InChI is InChI=1S/C16H22N2O3/c1-3-16(2,15(20)21)10-18-14(19)13-6-4-5-11-9-17-8-7-12(11)13/h4-6,17H,3,7-10H2,1-2H3,(H,18,19)(H,20,21). The molecular weight excluding hydrogens is 268 g/mol. The van der Waals surface area contributed by atoms with E-state index in [-0.39, 0.29) is 12.5 Å². The van der Waals surface area contributed by atoms with E-state index in [0.29, 0.717) is 12.0 Å². The molecule has 114 valence electrons. The summed E-state index contributed by atoms with van der Waals surface area (Å²) in [5.74, 6) is -1.07. The number of carboxylic acid groups (broad SMARTS) is 1. The summed E-state index contributed by atoms with van der Waals surface area (Å²) in [4.78, 5) is 23.7. The molecule has 1 aliphatic rings. The molecule has 1 unspecified atom stereocenters. The molecule has 1 aliphatic heterocycles. The summed E-state index contributed by atoms with van der Waals surface area (Å²) in [7, 11) is 0. The van der Waals surface area contributed by atoms with Gasteiger partial charge >= 0.3 is 5.97 Å². The van der Waals surface area contributed by atoms with Crippen molar-refractivity contribution in [1.82, 2.24) is 10.6 Å². The van der Waals surface area contributed by atoms with Gasteiger partial charge in [-0.2, -0.15) is 0 Å². The van der Waals surface area contributed by atoms with Crippen LogP contribution in [0, 0.1) is 5.41 Å². The predicted octanol–water partition coefficient (Wildman–Crippen LogP) is 1.56. The molecule has 1 aromatic rings. The Kier molecular flexibility index (Phi) is 4.63. The number of nitrogens with one attached hydrogen (secondary N) is 2. The van der Waals surface area contributed by atoms with Crippen LogP contribution in [0.15, 0.2) is 18.2 Å². The quantitative estimate of drug-likeness (QED) is 0.769. The maximum atomic E-state index is 12.4. The molecule has 5 heteroatoms. The first-order chi connectivity index (χ1) is 9.98. The SMILES string of the molecule is CCC(C)(CNC(=O)c1cccc2c1CCNC2)C(=O)O. The molecule has 0 fully saturated rings. The van der Waals surface area contributed by atoms with Gasteiger partial charge in [-0.3, -0.25) is 9.59 Å². The first kappa shape index (κ1) is 15.5. The Morgan fingerprint density at radius 2 is 2.19 bits per heavy atom. The molecule has 0 saturated heterocycles. The predicted molar refractivity (Wildman–Crippen MR) is 80.2 cm³/mol. The van der Waals surface area contributed by atoms with E-state index in [4.69, 9.17) is 0 Å². The second-order valence-electron chi connectivity index (χ2n) is 5.77. The van der Waals surface area contributed by atoms with Crippen LogP contribution in [-0.4, -0.2) is 30.1 Å². The molecule has 0 aromatic heterocycles. The average molecular weight is 290 g/mol. The second-order valence-corrected chi connectivity index (χ2v) is 5.77. The number of aliphatic carboxylic acids is 1. The Labute approximate surface area is 124 Å². The monoisotopic (exact) mass is 290 g/mol. The third kappa shape index (κ3) is 3.24. The second kappa shape index (κ2) is 6.26. The topological polar surface area (TPSA) is 78.4 Å². The van der Waals surface area contributed by atoms with Crippen LogP contribution in [0.2, 0.25) is 0 Å². The molecule has 2 rings (SSSR count). The highest BCUT2D eigenvalue weighted by Gasteiger charge is 2.31. The summed E-state index contributed by atoms with van der Waals surface area (Å²) in [5, 5.41) is 15.3. The molecule has 0 bridgehead atoms. The summed E-state index contributed by atoms with van der Waals surface area (Å²) in [6.07, 6.45) is 1.29. The van der Waals surface area contributed by atoms with Crippen LogP contribution < -0.4 is 10.6 Å². The first-order valence-corrected chi connectivity index (χ1v) is 7.31. The minimum atomic E-state index is -0.925. The molecule has 0 radical (unpaired) electrons. The third-order valence-electron chi connectivity index (χ3n) is 4.32. The molecule has 0 spiro atoms. The zero-order valence-electron chi connectivity index (χ0n) is 12.5. The van der Waals surface area contributed by atoms with E-state index in [1.807, 2.05) is 25.1 Å². The molecule has 3 N–H and O–H groups in total. The highest BCUT2D eigenvalue weighted by molar-refractivity contribution is 5.96. The minimum absolute atomic E-state index is 0.138. The molecular formula is C16H22N2O3. The van der Waals surface area contributed by atoms with Gasteiger partial charge in [-0.1, -0.05) is 19.1 Å². The van der Waals surface area contributed by atoms with E-state index in [2.05, 4.69) is 10.6 Å². The number of benzene rings is 1. The Morgan fingerprint density at radius 1 is 1.43 bits per heavy atom. The fourth-order valence-corrected chi connectivity index (χ4v) is 2.47. The van der Waals surface area contributed by atoms with Crippen molar-refractivity contribution in [3.63, 3.8) is 0 Å². The number of carboxylic acids is 1. The number of hydrogen-bond acceptors (Lipinski definition) is 3. The van der Waals surface area contributed by atoms with Gasteiger partial charge in [0.1, 0.15) is 0 Å². The van der Waals surface area contributed by atoms with Gasteiger partial charge in [0.2, 0.25) is 0 Å². The molecule has 1 heterocycles. The van der Waals surface area contributed by atoms with Gasteiger partial charge < -0.3 is 15.7 Å². The molecule has 1 aromatic carbocycles. The summed E-state index contributed by atoms with van der Waals surface area (Å²) in [5.41, 5.74) is 1.96. The zero-order valence-corrected chi connectivity index (χ0v) is 12.5. The van der Waals surface area contributed by atoms with Crippen molar-refractivity contribution in [2.24, 2.45) is 5.41 Å². The molecule has 1 amide bonds. The van der Waals surface area contributed by atoms with E-state index < -0.39 is 11.4 Å². The van der Waals surface area contributed by atoms with Crippen molar-refractivity contribution < 1.29 is 14.7 Å². The normalized spacial score (nSPS) is 16.7. The van der Waals surface area contributed by atoms with E-state index >= 15 is 0 Å². The van der Waals surface area contributed by atoms with E-state index in [1.54, 1.807) is 6.92 Å². The number of rotatable bonds is 5. The Balaban J connectivity index is 2.13. The zero-order chi connectivity index (χ0) is 15.5. The summed E-state index contributed by atoms with van der Waals surface area (Å²) < 4.78 is 0. The number of carbonyl (C=O) groups is 2. The van der Waals surface area contributed by atoms with Gasteiger partial charge in [-0.15, -0.1) is 0 Å². The fourth-order valence-electron chi connectivity index (χ4n) is 2.47. The molecule has 1 atom stereocenters. The van der Waals surface area contributed by atoms with Gasteiger partial charge in [0.25, 0.3) is 5.91 Å². The Morgan fingerprint density at radius 3 is 2.86 bits per heavy atom. The summed E-state index contributed by atoms with van der Waals surface area (Å²) >= 11 is 0. The first-order valence-electron chi connectivity index (χ1n) is 7.31. The average Bonchev–Trinajstić information content (AvgIpc) is 2.51. The van der Waals surface area contributed by atoms with Gasteiger partial charge in [0.05, 0.1) is 5.41 Å². The van der Waals surface area contributed by atoms with Crippen LogP contribution in [0.25, 0.3) is 0 Å². The van der Waals surface area contributed by atoms with E-state index in [1.165, 1.54) is 0 Å². The fraction of sp³-hybridized carbons (Fsp3) is 0.500. The van der Waals surface area contributed by atoms with Crippen molar-refractivity contribution in [3.05, 3.63) is 34.9 Å². The lowest BCUT2D eigenvalue weighted by Crippen LogP contribution is -2.41. The third-order valence-corrected chi connectivity index (χ3v) is 4.32. The molecule has 0 aliphatic carbocycles. The lowest BCUT2D eigenvalue weighted by molar-refractivity contribution is -0.147.